The Bertz CT molecular complexity index is 805. The summed E-state index contributed by atoms with van der Waals surface area (Å²) in [5.41, 5.74) is 2.80. The molecular weight excluding hydrogens is 274 g/mol. The van der Waals surface area contributed by atoms with E-state index >= 15 is 0 Å². The van der Waals surface area contributed by atoms with Crippen molar-refractivity contribution in [1.82, 2.24) is 15.5 Å². The number of carbonyl (C=O) groups is 1. The summed E-state index contributed by atoms with van der Waals surface area (Å²) in [7, 11) is 0. The molecule has 3 aromatic rings. The summed E-state index contributed by atoms with van der Waals surface area (Å²) in [6.07, 6.45) is 4.10. The number of hydrogen-bond donors (Lipinski definition) is 2. The van der Waals surface area contributed by atoms with E-state index in [9.17, 15) is 4.79 Å². The highest BCUT2D eigenvalue weighted by Gasteiger charge is 2.33. The van der Waals surface area contributed by atoms with Gasteiger partial charge >= 0.3 is 0 Å². The molecule has 1 aliphatic rings. The Morgan fingerprint density at radius 2 is 2.00 bits per heavy atom. The van der Waals surface area contributed by atoms with Crippen molar-refractivity contribution in [1.29, 1.82) is 0 Å². The molecule has 0 spiro atoms. The highest BCUT2D eigenvalue weighted by atomic mass is 16.1. The topological polar surface area (TPSA) is 57.8 Å². The number of aromatic nitrogens is 2. The zero-order valence-corrected chi connectivity index (χ0v) is 12.1. The number of nitrogens with one attached hydrogen (secondary N) is 2. The van der Waals surface area contributed by atoms with E-state index in [4.69, 9.17) is 0 Å². The number of aromatic amines is 1. The standard InChI is InChI=1S/C18H17N3O/c22-18(14-8-9-16-15(10-14)11-19-21-16)20-17(13-6-7-13)12-4-2-1-3-5-12/h1-5,8-11,13,17H,6-7H2,(H,19,21)(H,20,22). The second-order valence-corrected chi connectivity index (χ2v) is 5.87. The van der Waals surface area contributed by atoms with Crippen molar-refractivity contribution in [3.8, 4) is 0 Å². The highest BCUT2D eigenvalue weighted by molar-refractivity contribution is 5.98. The average molecular weight is 291 g/mol. The molecule has 1 unspecified atom stereocenters. The Hall–Kier alpha value is -2.62. The van der Waals surface area contributed by atoms with E-state index in [1.54, 1.807) is 6.20 Å². The number of carbonyl (C=O) groups excluding carboxylic acids is 1. The van der Waals surface area contributed by atoms with Crippen LogP contribution in [0.1, 0.15) is 34.8 Å². The molecule has 4 heteroatoms. The third kappa shape index (κ3) is 2.48. The van der Waals surface area contributed by atoms with Crippen molar-refractivity contribution in [3.63, 3.8) is 0 Å². The van der Waals surface area contributed by atoms with Crippen LogP contribution in [0.15, 0.2) is 54.7 Å². The molecular formula is C18H17N3O. The Morgan fingerprint density at radius 1 is 1.18 bits per heavy atom. The van der Waals surface area contributed by atoms with Crippen LogP contribution in [0.4, 0.5) is 0 Å². The molecule has 1 aliphatic carbocycles. The molecule has 0 aliphatic heterocycles. The predicted octanol–water partition coefficient (Wildman–Crippen LogP) is 3.44. The summed E-state index contributed by atoms with van der Waals surface area (Å²) in [6, 6.07) is 15.9. The third-order valence-corrected chi connectivity index (χ3v) is 4.24. The Morgan fingerprint density at radius 3 is 2.77 bits per heavy atom. The first kappa shape index (κ1) is 13.1. The first-order chi connectivity index (χ1) is 10.8. The van der Waals surface area contributed by atoms with Gasteiger partial charge in [0.15, 0.2) is 0 Å². The van der Waals surface area contributed by atoms with Crippen molar-refractivity contribution in [2.45, 2.75) is 18.9 Å². The SMILES string of the molecule is O=C(NC(c1ccccc1)C1CC1)c1ccc2[nH]ncc2c1. The monoisotopic (exact) mass is 291 g/mol. The Labute approximate surface area is 128 Å². The van der Waals surface area contributed by atoms with Crippen LogP contribution in [-0.4, -0.2) is 16.1 Å². The van der Waals surface area contributed by atoms with E-state index in [1.807, 2.05) is 36.4 Å². The minimum Gasteiger partial charge on any atom is -0.345 e. The maximum Gasteiger partial charge on any atom is 0.251 e. The van der Waals surface area contributed by atoms with Gasteiger partial charge in [-0.15, -0.1) is 0 Å². The Kier molecular flexibility index (Phi) is 3.15. The lowest BCUT2D eigenvalue weighted by Gasteiger charge is -2.19. The van der Waals surface area contributed by atoms with Crippen molar-refractivity contribution in [3.05, 3.63) is 65.9 Å². The molecule has 0 bridgehead atoms. The van der Waals surface area contributed by atoms with Crippen molar-refractivity contribution in [2.75, 3.05) is 0 Å². The van der Waals surface area contributed by atoms with E-state index in [1.165, 1.54) is 18.4 Å². The predicted molar refractivity (Wildman–Crippen MR) is 85.5 cm³/mol. The fourth-order valence-electron chi connectivity index (χ4n) is 2.87. The molecule has 4 rings (SSSR count). The number of benzene rings is 2. The van der Waals surface area contributed by atoms with Crippen LogP contribution in [-0.2, 0) is 0 Å². The van der Waals surface area contributed by atoms with Gasteiger partial charge in [0.25, 0.3) is 5.91 Å². The van der Waals surface area contributed by atoms with Crippen LogP contribution in [0.5, 0.6) is 0 Å². The maximum atomic E-state index is 12.6. The van der Waals surface area contributed by atoms with Gasteiger partial charge in [0.05, 0.1) is 17.8 Å². The van der Waals surface area contributed by atoms with Gasteiger partial charge in [0.2, 0.25) is 0 Å². The first-order valence-corrected chi connectivity index (χ1v) is 7.60. The zero-order chi connectivity index (χ0) is 14.9. The molecule has 22 heavy (non-hydrogen) atoms. The summed E-state index contributed by atoms with van der Waals surface area (Å²) in [5.74, 6) is 0.535. The summed E-state index contributed by atoms with van der Waals surface area (Å²) in [6.45, 7) is 0. The molecule has 0 saturated heterocycles. The largest absolute Gasteiger partial charge is 0.345 e. The normalized spacial score (nSPS) is 15.6. The first-order valence-electron chi connectivity index (χ1n) is 7.60. The third-order valence-electron chi connectivity index (χ3n) is 4.24. The van der Waals surface area contributed by atoms with Crippen molar-refractivity contribution >= 4 is 16.8 Å². The quantitative estimate of drug-likeness (QED) is 0.773. The van der Waals surface area contributed by atoms with Crippen LogP contribution in [0.25, 0.3) is 10.9 Å². The number of fused-ring (bicyclic) bond motifs is 1. The van der Waals surface area contributed by atoms with Crippen molar-refractivity contribution < 1.29 is 4.79 Å². The number of amides is 1. The maximum absolute atomic E-state index is 12.6. The second-order valence-electron chi connectivity index (χ2n) is 5.87. The van der Waals surface area contributed by atoms with Gasteiger partial charge in [0, 0.05) is 10.9 Å². The number of H-pyrrole nitrogens is 1. The van der Waals surface area contributed by atoms with E-state index in [0.29, 0.717) is 11.5 Å². The van der Waals surface area contributed by atoms with Gasteiger partial charge < -0.3 is 5.32 Å². The Balaban J connectivity index is 1.59. The molecule has 1 amide bonds. The molecule has 110 valence electrons. The summed E-state index contributed by atoms with van der Waals surface area (Å²) >= 11 is 0. The van der Waals surface area contributed by atoms with Gasteiger partial charge in [-0.1, -0.05) is 30.3 Å². The van der Waals surface area contributed by atoms with E-state index in [2.05, 4.69) is 27.6 Å². The molecule has 4 nitrogen and oxygen atoms in total. The van der Waals surface area contributed by atoms with Crippen LogP contribution in [0.3, 0.4) is 0 Å². The van der Waals surface area contributed by atoms with Gasteiger partial charge in [-0.2, -0.15) is 5.10 Å². The second kappa shape index (κ2) is 5.30. The minimum absolute atomic E-state index is 0.0242. The van der Waals surface area contributed by atoms with Crippen LogP contribution >= 0.6 is 0 Å². The average Bonchev–Trinajstić information content (AvgIpc) is 3.29. The van der Waals surface area contributed by atoms with Gasteiger partial charge in [-0.25, -0.2) is 0 Å². The summed E-state index contributed by atoms with van der Waals surface area (Å²) < 4.78 is 0. The van der Waals surface area contributed by atoms with E-state index < -0.39 is 0 Å². The molecule has 1 saturated carbocycles. The number of hydrogen-bond acceptors (Lipinski definition) is 2. The molecule has 1 fully saturated rings. The lowest BCUT2D eigenvalue weighted by atomic mass is 10.0. The fraction of sp³-hybridized carbons (Fsp3) is 0.222. The molecule has 1 aromatic heterocycles. The lowest BCUT2D eigenvalue weighted by molar-refractivity contribution is 0.0932. The number of rotatable bonds is 4. The van der Waals surface area contributed by atoms with Crippen molar-refractivity contribution in [2.24, 2.45) is 5.92 Å². The van der Waals surface area contributed by atoms with Gasteiger partial charge in [-0.3, -0.25) is 9.89 Å². The summed E-state index contributed by atoms with van der Waals surface area (Å²) in [4.78, 5) is 12.6. The highest BCUT2D eigenvalue weighted by Crippen LogP contribution is 2.41. The van der Waals surface area contributed by atoms with Crippen LogP contribution < -0.4 is 5.32 Å². The van der Waals surface area contributed by atoms with Crippen LogP contribution in [0, 0.1) is 5.92 Å². The molecule has 2 N–H and O–H groups in total. The zero-order valence-electron chi connectivity index (χ0n) is 12.1. The van der Waals surface area contributed by atoms with Crippen LogP contribution in [0.2, 0.25) is 0 Å². The fourth-order valence-corrected chi connectivity index (χ4v) is 2.87. The smallest absolute Gasteiger partial charge is 0.251 e. The molecule has 1 atom stereocenters. The van der Waals surface area contributed by atoms with Gasteiger partial charge in [0.1, 0.15) is 0 Å². The lowest BCUT2D eigenvalue weighted by Crippen LogP contribution is -2.29. The van der Waals surface area contributed by atoms with E-state index in [-0.39, 0.29) is 11.9 Å². The minimum atomic E-state index is -0.0242. The summed E-state index contributed by atoms with van der Waals surface area (Å²) in [5, 5.41) is 11.0. The number of nitrogens with zero attached hydrogens (tertiary/aromatic N) is 1. The van der Waals surface area contributed by atoms with E-state index in [0.717, 1.165) is 10.9 Å². The molecule has 1 heterocycles. The molecule has 0 radical (unpaired) electrons. The van der Waals surface area contributed by atoms with Gasteiger partial charge in [-0.05, 0) is 42.5 Å². The molecule has 2 aromatic carbocycles.